The van der Waals surface area contributed by atoms with Gasteiger partial charge in [-0.25, -0.2) is 0 Å². The summed E-state index contributed by atoms with van der Waals surface area (Å²) in [6, 6.07) is 0.460. The Morgan fingerprint density at radius 3 is 3.15 bits per heavy atom. The van der Waals surface area contributed by atoms with Crippen molar-refractivity contribution in [3.05, 3.63) is 16.4 Å². The van der Waals surface area contributed by atoms with Crippen LogP contribution in [0.3, 0.4) is 0 Å². The molecule has 2 heterocycles. The van der Waals surface area contributed by atoms with Gasteiger partial charge in [0.1, 0.15) is 0 Å². The number of hydrogen-bond acceptors (Lipinski definition) is 2. The molecule has 0 saturated carbocycles. The summed E-state index contributed by atoms with van der Waals surface area (Å²) in [5, 5.41) is 7.96. The summed E-state index contributed by atoms with van der Waals surface area (Å²) in [5.41, 5.74) is 1.17. The van der Waals surface area contributed by atoms with E-state index in [0.717, 1.165) is 17.6 Å². The Kier molecular flexibility index (Phi) is 2.69. The van der Waals surface area contributed by atoms with Crippen molar-refractivity contribution in [2.45, 2.75) is 32.4 Å². The Morgan fingerprint density at radius 2 is 2.62 bits per heavy atom. The van der Waals surface area contributed by atoms with Gasteiger partial charge in [0.05, 0.1) is 16.2 Å². The molecule has 2 rings (SSSR count). The summed E-state index contributed by atoms with van der Waals surface area (Å²) in [5.74, 6) is 0. The van der Waals surface area contributed by atoms with Crippen molar-refractivity contribution in [2.24, 2.45) is 0 Å². The number of rotatable bonds is 2. The topological polar surface area (TPSA) is 29.9 Å². The van der Waals surface area contributed by atoms with E-state index in [1.54, 1.807) is 0 Å². The zero-order valence-corrected chi connectivity index (χ0v) is 9.34. The van der Waals surface area contributed by atoms with Gasteiger partial charge in [-0.15, -0.1) is 0 Å². The van der Waals surface area contributed by atoms with Crippen LogP contribution in [0.25, 0.3) is 0 Å². The first kappa shape index (κ1) is 9.21. The van der Waals surface area contributed by atoms with E-state index in [0.29, 0.717) is 6.04 Å². The Hall–Kier alpha value is -0.350. The van der Waals surface area contributed by atoms with Crippen LogP contribution in [0.1, 0.15) is 31.5 Å². The summed E-state index contributed by atoms with van der Waals surface area (Å²) in [7, 11) is 0. The lowest BCUT2D eigenvalue weighted by molar-refractivity contribution is 0.584. The number of aromatic nitrogens is 2. The minimum atomic E-state index is 0.460. The van der Waals surface area contributed by atoms with E-state index < -0.39 is 0 Å². The highest BCUT2D eigenvalue weighted by Crippen LogP contribution is 2.27. The smallest absolute Gasteiger partial charge is 0.0935 e. The molecule has 1 fully saturated rings. The van der Waals surface area contributed by atoms with Crippen molar-refractivity contribution in [3.8, 4) is 0 Å². The van der Waals surface area contributed by atoms with Gasteiger partial charge in [0.15, 0.2) is 0 Å². The molecule has 1 aromatic heterocycles. The summed E-state index contributed by atoms with van der Waals surface area (Å²) in [4.78, 5) is 0. The minimum Gasteiger partial charge on any atom is -0.309 e. The largest absolute Gasteiger partial charge is 0.309 e. The molecule has 1 unspecified atom stereocenters. The number of halogens is 1. The second kappa shape index (κ2) is 3.80. The molecule has 0 aliphatic carbocycles. The average Bonchev–Trinajstić information content (AvgIpc) is 2.72. The van der Waals surface area contributed by atoms with Gasteiger partial charge in [-0.05, 0) is 42.2 Å². The Bertz CT molecular complexity index is 289. The second-order valence-electron chi connectivity index (χ2n) is 3.37. The minimum absolute atomic E-state index is 0.460. The van der Waals surface area contributed by atoms with Crippen LogP contribution in [0.2, 0.25) is 0 Å². The fraction of sp³-hybridized carbons (Fsp3) is 0.667. The highest BCUT2D eigenvalue weighted by molar-refractivity contribution is 9.10. The molecule has 1 atom stereocenters. The molecular weight excluding hydrogens is 230 g/mol. The first-order valence-electron chi connectivity index (χ1n) is 4.77. The van der Waals surface area contributed by atoms with Gasteiger partial charge in [-0.1, -0.05) is 0 Å². The van der Waals surface area contributed by atoms with Crippen LogP contribution >= 0.6 is 15.9 Å². The highest BCUT2D eigenvalue weighted by Gasteiger charge is 2.21. The van der Waals surface area contributed by atoms with Crippen molar-refractivity contribution >= 4 is 15.9 Å². The Morgan fingerprint density at radius 1 is 1.77 bits per heavy atom. The molecular formula is C9H14BrN3. The molecule has 1 saturated heterocycles. The summed E-state index contributed by atoms with van der Waals surface area (Å²) in [6.45, 7) is 4.16. The molecule has 1 aromatic rings. The van der Waals surface area contributed by atoms with Gasteiger partial charge < -0.3 is 5.32 Å². The molecule has 0 spiro atoms. The molecule has 72 valence electrons. The maximum atomic E-state index is 4.52. The summed E-state index contributed by atoms with van der Waals surface area (Å²) >= 11 is 3.54. The molecule has 1 aliphatic rings. The molecule has 1 aliphatic heterocycles. The van der Waals surface area contributed by atoms with Crippen molar-refractivity contribution in [1.29, 1.82) is 0 Å². The van der Waals surface area contributed by atoms with Gasteiger partial charge in [0.25, 0.3) is 0 Å². The zero-order chi connectivity index (χ0) is 9.26. The Balaban J connectivity index is 2.22. The van der Waals surface area contributed by atoms with Crippen molar-refractivity contribution in [3.63, 3.8) is 0 Å². The van der Waals surface area contributed by atoms with Crippen LogP contribution < -0.4 is 5.32 Å². The predicted molar refractivity (Wildman–Crippen MR) is 55.6 cm³/mol. The van der Waals surface area contributed by atoms with E-state index in [9.17, 15) is 0 Å². The summed E-state index contributed by atoms with van der Waals surface area (Å²) in [6.07, 6.45) is 4.52. The van der Waals surface area contributed by atoms with Crippen LogP contribution in [0.15, 0.2) is 10.7 Å². The number of hydrogen-bond donors (Lipinski definition) is 1. The fourth-order valence-electron chi connectivity index (χ4n) is 1.73. The van der Waals surface area contributed by atoms with Crippen molar-refractivity contribution in [2.75, 3.05) is 6.54 Å². The number of aryl methyl sites for hydroxylation is 1. The first-order valence-corrected chi connectivity index (χ1v) is 5.56. The predicted octanol–water partition coefficient (Wildman–Crippen LogP) is 2.09. The lowest BCUT2D eigenvalue weighted by Gasteiger charge is -2.06. The maximum Gasteiger partial charge on any atom is 0.0935 e. The third kappa shape index (κ3) is 1.79. The van der Waals surface area contributed by atoms with E-state index in [4.69, 9.17) is 0 Å². The molecule has 4 heteroatoms. The molecule has 1 N–H and O–H groups in total. The average molecular weight is 244 g/mol. The number of nitrogens with one attached hydrogen (secondary N) is 1. The van der Waals surface area contributed by atoms with Crippen molar-refractivity contribution < 1.29 is 0 Å². The quantitative estimate of drug-likeness (QED) is 0.863. The van der Waals surface area contributed by atoms with E-state index >= 15 is 0 Å². The highest BCUT2D eigenvalue weighted by atomic mass is 79.9. The van der Waals surface area contributed by atoms with Crippen LogP contribution in [-0.4, -0.2) is 16.3 Å². The zero-order valence-electron chi connectivity index (χ0n) is 7.76. The summed E-state index contributed by atoms with van der Waals surface area (Å²) < 4.78 is 3.10. The molecule has 0 amide bonds. The third-order valence-electron chi connectivity index (χ3n) is 2.46. The van der Waals surface area contributed by atoms with E-state index in [2.05, 4.69) is 39.5 Å². The van der Waals surface area contributed by atoms with E-state index in [1.807, 2.05) is 4.68 Å². The SMILES string of the molecule is CCn1cc(Br)c(C2CCCN2)n1. The third-order valence-corrected chi connectivity index (χ3v) is 3.07. The van der Waals surface area contributed by atoms with Crippen molar-refractivity contribution in [1.82, 2.24) is 15.1 Å². The van der Waals surface area contributed by atoms with Crippen LogP contribution in [0.4, 0.5) is 0 Å². The molecule has 0 aromatic carbocycles. The molecule has 0 radical (unpaired) electrons. The monoisotopic (exact) mass is 243 g/mol. The van der Waals surface area contributed by atoms with Gasteiger partial charge in [-0.3, -0.25) is 4.68 Å². The normalized spacial score (nSPS) is 22.5. The van der Waals surface area contributed by atoms with Crippen LogP contribution in [-0.2, 0) is 6.54 Å². The molecule has 3 nitrogen and oxygen atoms in total. The molecule has 0 bridgehead atoms. The van der Waals surface area contributed by atoms with Gasteiger partial charge in [-0.2, -0.15) is 5.10 Å². The second-order valence-corrected chi connectivity index (χ2v) is 4.22. The van der Waals surface area contributed by atoms with Gasteiger partial charge in [0, 0.05) is 12.7 Å². The maximum absolute atomic E-state index is 4.52. The first-order chi connectivity index (χ1) is 6.31. The fourth-order valence-corrected chi connectivity index (χ4v) is 2.32. The molecule has 13 heavy (non-hydrogen) atoms. The van der Waals surface area contributed by atoms with Crippen LogP contribution in [0, 0.1) is 0 Å². The lowest BCUT2D eigenvalue weighted by Crippen LogP contribution is -2.14. The Labute approximate surface area is 86.6 Å². The number of nitrogens with zero attached hydrogens (tertiary/aromatic N) is 2. The lowest BCUT2D eigenvalue weighted by atomic mass is 10.2. The van der Waals surface area contributed by atoms with Crippen LogP contribution in [0.5, 0.6) is 0 Å². The standard InChI is InChI=1S/C9H14BrN3/c1-2-13-6-7(10)9(12-13)8-4-3-5-11-8/h6,8,11H,2-5H2,1H3. The van der Waals surface area contributed by atoms with E-state index in [1.165, 1.54) is 18.5 Å². The van der Waals surface area contributed by atoms with Gasteiger partial charge >= 0.3 is 0 Å². The van der Waals surface area contributed by atoms with E-state index in [-0.39, 0.29) is 0 Å². The van der Waals surface area contributed by atoms with Gasteiger partial charge in [0.2, 0.25) is 0 Å².